The average Bonchev–Trinajstić information content (AvgIpc) is 2.60. The fourth-order valence-corrected chi connectivity index (χ4v) is 3.06. The van der Waals surface area contributed by atoms with Crippen molar-refractivity contribution in [2.24, 2.45) is 0 Å². The van der Waals surface area contributed by atoms with Gasteiger partial charge in [0.1, 0.15) is 5.69 Å². The second-order valence-electron chi connectivity index (χ2n) is 6.62. The molecule has 0 spiro atoms. The molecule has 3 rings (SSSR count). The highest BCUT2D eigenvalue weighted by atomic mass is 16.2. The van der Waals surface area contributed by atoms with Gasteiger partial charge >= 0.3 is 0 Å². The molecule has 1 unspecified atom stereocenters. The standard InChI is InChI=1S/C17H22N6O2/c1-10(2)12-6-14(22-17(18)21-12)16(25)23-5-3-4-11(8-23)13-7-15(24)20-9-19-13/h6-7,9-11H,3-5,8H2,1-2H3,(H2,18,21,22)(H,19,20,24). The maximum atomic E-state index is 12.9. The summed E-state index contributed by atoms with van der Waals surface area (Å²) < 4.78 is 0. The molecular weight excluding hydrogens is 320 g/mol. The van der Waals surface area contributed by atoms with Crippen LogP contribution in [0.15, 0.2) is 23.3 Å². The molecule has 1 aliphatic heterocycles. The van der Waals surface area contributed by atoms with Crippen LogP contribution >= 0.6 is 0 Å². The summed E-state index contributed by atoms with van der Waals surface area (Å²) in [5, 5.41) is 0. The molecular formula is C17H22N6O2. The monoisotopic (exact) mass is 342 g/mol. The molecule has 1 fully saturated rings. The van der Waals surface area contributed by atoms with Gasteiger partial charge in [0.15, 0.2) is 0 Å². The Hall–Kier alpha value is -2.77. The summed E-state index contributed by atoms with van der Waals surface area (Å²) in [5.74, 6) is 0.153. The lowest BCUT2D eigenvalue weighted by Crippen LogP contribution is -2.40. The van der Waals surface area contributed by atoms with E-state index in [1.807, 2.05) is 13.8 Å². The fourth-order valence-electron chi connectivity index (χ4n) is 3.06. The normalized spacial score (nSPS) is 17.7. The summed E-state index contributed by atoms with van der Waals surface area (Å²) in [7, 11) is 0. The third-order valence-corrected chi connectivity index (χ3v) is 4.40. The highest BCUT2D eigenvalue weighted by Gasteiger charge is 2.27. The van der Waals surface area contributed by atoms with Gasteiger partial charge in [-0.1, -0.05) is 13.8 Å². The zero-order chi connectivity index (χ0) is 18.0. The number of nitrogens with two attached hydrogens (primary N) is 1. The minimum atomic E-state index is -0.182. The van der Waals surface area contributed by atoms with Crippen LogP contribution in [0, 0.1) is 0 Å². The second kappa shape index (κ2) is 7.00. The van der Waals surface area contributed by atoms with E-state index in [2.05, 4.69) is 19.9 Å². The molecule has 1 amide bonds. The molecule has 8 nitrogen and oxygen atoms in total. The molecule has 8 heteroatoms. The molecule has 0 radical (unpaired) electrons. The van der Waals surface area contributed by atoms with E-state index >= 15 is 0 Å². The van der Waals surface area contributed by atoms with Crippen molar-refractivity contribution < 1.29 is 4.79 Å². The first-order valence-electron chi connectivity index (χ1n) is 8.42. The Morgan fingerprint density at radius 2 is 2.16 bits per heavy atom. The summed E-state index contributed by atoms with van der Waals surface area (Å²) in [6.45, 7) is 5.15. The number of hydrogen-bond acceptors (Lipinski definition) is 6. The van der Waals surface area contributed by atoms with Crippen molar-refractivity contribution in [3.8, 4) is 0 Å². The van der Waals surface area contributed by atoms with Gasteiger partial charge in [-0.15, -0.1) is 0 Å². The Bertz CT molecular complexity index is 832. The summed E-state index contributed by atoms with van der Waals surface area (Å²) in [4.78, 5) is 41.2. The van der Waals surface area contributed by atoms with Crippen molar-refractivity contribution in [1.82, 2.24) is 24.8 Å². The number of piperidine rings is 1. The molecule has 3 N–H and O–H groups in total. The van der Waals surface area contributed by atoms with Gasteiger partial charge in [-0.05, 0) is 24.8 Å². The molecule has 1 atom stereocenters. The lowest BCUT2D eigenvalue weighted by molar-refractivity contribution is 0.0699. The van der Waals surface area contributed by atoms with Crippen LogP contribution in [0.1, 0.15) is 60.4 Å². The van der Waals surface area contributed by atoms with E-state index in [1.54, 1.807) is 11.0 Å². The smallest absolute Gasteiger partial charge is 0.272 e. The summed E-state index contributed by atoms with van der Waals surface area (Å²) in [6, 6.07) is 3.20. The first-order chi connectivity index (χ1) is 11.9. The minimum absolute atomic E-state index is 0.0451. The third-order valence-electron chi connectivity index (χ3n) is 4.40. The molecule has 3 heterocycles. The number of carbonyl (C=O) groups excluding carboxylic acids is 1. The van der Waals surface area contributed by atoms with E-state index < -0.39 is 0 Å². The Labute approximate surface area is 145 Å². The first kappa shape index (κ1) is 17.1. The lowest BCUT2D eigenvalue weighted by atomic mass is 9.94. The summed E-state index contributed by atoms with van der Waals surface area (Å²) in [5.41, 5.74) is 7.36. The van der Waals surface area contributed by atoms with Crippen LogP contribution in [0.2, 0.25) is 0 Å². The fraction of sp³-hybridized carbons (Fsp3) is 0.471. The number of aromatic nitrogens is 4. The number of amides is 1. The first-order valence-corrected chi connectivity index (χ1v) is 8.42. The minimum Gasteiger partial charge on any atom is -0.368 e. The van der Waals surface area contributed by atoms with Gasteiger partial charge in [-0.3, -0.25) is 9.59 Å². The number of nitrogens with one attached hydrogen (secondary N) is 1. The molecule has 0 aliphatic carbocycles. The van der Waals surface area contributed by atoms with Crippen LogP contribution < -0.4 is 11.3 Å². The zero-order valence-electron chi connectivity index (χ0n) is 14.4. The number of hydrogen-bond donors (Lipinski definition) is 2. The second-order valence-corrected chi connectivity index (χ2v) is 6.62. The van der Waals surface area contributed by atoms with Gasteiger partial charge in [0.25, 0.3) is 11.5 Å². The maximum absolute atomic E-state index is 12.9. The van der Waals surface area contributed by atoms with Crippen LogP contribution in [0.5, 0.6) is 0 Å². The number of H-pyrrole nitrogens is 1. The topological polar surface area (TPSA) is 118 Å². The largest absolute Gasteiger partial charge is 0.368 e. The van der Waals surface area contributed by atoms with E-state index in [9.17, 15) is 9.59 Å². The van der Waals surface area contributed by atoms with Gasteiger partial charge in [0.2, 0.25) is 5.95 Å². The van der Waals surface area contributed by atoms with Crippen molar-refractivity contribution in [3.05, 3.63) is 45.9 Å². The van der Waals surface area contributed by atoms with Gasteiger partial charge in [0, 0.05) is 30.8 Å². The van der Waals surface area contributed by atoms with E-state index in [0.717, 1.165) is 18.5 Å². The van der Waals surface area contributed by atoms with E-state index in [-0.39, 0.29) is 29.3 Å². The molecule has 25 heavy (non-hydrogen) atoms. The lowest BCUT2D eigenvalue weighted by Gasteiger charge is -2.32. The van der Waals surface area contributed by atoms with Crippen LogP contribution in [0.25, 0.3) is 0 Å². The number of carbonyl (C=O) groups is 1. The highest BCUT2D eigenvalue weighted by molar-refractivity contribution is 5.92. The summed E-state index contributed by atoms with van der Waals surface area (Å²) in [6.07, 6.45) is 3.14. The Morgan fingerprint density at radius 3 is 2.88 bits per heavy atom. The predicted octanol–water partition coefficient (Wildman–Crippen LogP) is 1.29. The molecule has 0 bridgehead atoms. The number of likely N-dealkylation sites (tertiary alicyclic amines) is 1. The molecule has 1 saturated heterocycles. The van der Waals surface area contributed by atoms with Crippen LogP contribution in [0.4, 0.5) is 5.95 Å². The maximum Gasteiger partial charge on any atom is 0.272 e. The number of rotatable bonds is 3. The zero-order valence-corrected chi connectivity index (χ0v) is 14.4. The Morgan fingerprint density at radius 1 is 1.36 bits per heavy atom. The van der Waals surface area contributed by atoms with Gasteiger partial charge in [-0.2, -0.15) is 0 Å². The van der Waals surface area contributed by atoms with Crippen LogP contribution in [0.3, 0.4) is 0 Å². The quantitative estimate of drug-likeness (QED) is 0.867. The van der Waals surface area contributed by atoms with Crippen LogP contribution in [-0.2, 0) is 0 Å². The summed E-state index contributed by atoms with van der Waals surface area (Å²) >= 11 is 0. The van der Waals surface area contributed by atoms with Gasteiger partial charge in [0.05, 0.1) is 12.0 Å². The molecule has 0 aromatic carbocycles. The van der Waals surface area contributed by atoms with E-state index in [1.165, 1.54) is 12.4 Å². The van der Waals surface area contributed by atoms with Crippen molar-refractivity contribution in [1.29, 1.82) is 0 Å². The molecule has 2 aromatic rings. The molecule has 1 aliphatic rings. The number of nitrogens with zero attached hydrogens (tertiary/aromatic N) is 4. The third kappa shape index (κ3) is 3.84. The number of aromatic amines is 1. The Balaban J connectivity index is 1.82. The number of anilines is 1. The van der Waals surface area contributed by atoms with Crippen molar-refractivity contribution in [3.63, 3.8) is 0 Å². The van der Waals surface area contributed by atoms with Gasteiger partial charge < -0.3 is 15.6 Å². The SMILES string of the molecule is CC(C)c1cc(C(=O)N2CCCC(c3cc(=O)[nH]cn3)C2)nc(N)n1. The van der Waals surface area contributed by atoms with Crippen molar-refractivity contribution in [2.75, 3.05) is 18.8 Å². The van der Waals surface area contributed by atoms with Crippen molar-refractivity contribution >= 4 is 11.9 Å². The highest BCUT2D eigenvalue weighted by Crippen LogP contribution is 2.26. The molecule has 0 saturated carbocycles. The van der Waals surface area contributed by atoms with Crippen molar-refractivity contribution in [2.45, 2.75) is 38.5 Å². The number of nitrogen functional groups attached to an aromatic ring is 1. The van der Waals surface area contributed by atoms with Crippen LogP contribution in [-0.4, -0.2) is 43.8 Å². The average molecular weight is 342 g/mol. The van der Waals surface area contributed by atoms with Gasteiger partial charge in [-0.25, -0.2) is 15.0 Å². The predicted molar refractivity (Wildman–Crippen MR) is 93.3 cm³/mol. The van der Waals surface area contributed by atoms with E-state index in [4.69, 9.17) is 5.73 Å². The molecule has 132 valence electrons. The van der Waals surface area contributed by atoms with E-state index in [0.29, 0.717) is 24.5 Å². The Kier molecular flexibility index (Phi) is 4.78. The molecule has 2 aromatic heterocycles.